The van der Waals surface area contributed by atoms with E-state index in [2.05, 4.69) is 5.32 Å². The number of esters is 1. The van der Waals surface area contributed by atoms with Crippen molar-refractivity contribution in [3.8, 4) is 0 Å². The monoisotopic (exact) mass is 259 g/mol. The van der Waals surface area contributed by atoms with Crippen LogP contribution in [0.15, 0.2) is 54.6 Å². The van der Waals surface area contributed by atoms with Gasteiger partial charge < -0.3 is 10.1 Å². The van der Waals surface area contributed by atoms with Crippen LogP contribution in [-0.2, 0) is 20.9 Å². The Balaban J connectivity index is 2.23. The number of carbonyl (C=O) groups excluding carboxylic acids is 2. The first-order chi connectivity index (χ1) is 9.22. The minimum atomic E-state index is -0.461. The Morgan fingerprint density at radius 3 is 2.63 bits per heavy atom. The zero-order valence-electron chi connectivity index (χ0n) is 10.8. The molecule has 1 rings (SSSR count). The van der Waals surface area contributed by atoms with Gasteiger partial charge in [-0.2, -0.15) is 0 Å². The van der Waals surface area contributed by atoms with Crippen LogP contribution < -0.4 is 5.32 Å². The number of carbonyl (C=O) groups is 2. The molecule has 4 heteroatoms. The minimum absolute atomic E-state index is 0.133. The van der Waals surface area contributed by atoms with Gasteiger partial charge in [0.15, 0.2) is 0 Å². The number of hydrogen-bond donors (Lipinski definition) is 1. The van der Waals surface area contributed by atoms with Crippen LogP contribution in [0.4, 0.5) is 0 Å². The molecule has 0 heterocycles. The molecule has 0 saturated carbocycles. The van der Waals surface area contributed by atoms with E-state index in [0.29, 0.717) is 0 Å². The van der Waals surface area contributed by atoms with Gasteiger partial charge in [-0.25, -0.2) is 0 Å². The molecule has 0 atom stereocenters. The summed E-state index contributed by atoms with van der Waals surface area (Å²) < 4.78 is 5.01. The first-order valence-electron chi connectivity index (χ1n) is 5.99. The van der Waals surface area contributed by atoms with Crippen molar-refractivity contribution in [3.63, 3.8) is 0 Å². The van der Waals surface area contributed by atoms with Crippen molar-refractivity contribution in [1.29, 1.82) is 0 Å². The van der Waals surface area contributed by atoms with Crippen LogP contribution >= 0.6 is 0 Å². The third-order valence-electron chi connectivity index (χ3n) is 2.20. The smallest absolute Gasteiger partial charge is 0.325 e. The van der Waals surface area contributed by atoms with E-state index < -0.39 is 5.97 Å². The quantitative estimate of drug-likeness (QED) is 0.483. The van der Waals surface area contributed by atoms with Gasteiger partial charge in [-0.3, -0.25) is 9.59 Å². The Kier molecular flexibility index (Phi) is 6.72. The van der Waals surface area contributed by atoms with Crippen LogP contribution in [0.1, 0.15) is 12.5 Å². The fourth-order valence-electron chi connectivity index (χ4n) is 1.26. The van der Waals surface area contributed by atoms with E-state index in [9.17, 15) is 9.59 Å². The lowest BCUT2D eigenvalue weighted by molar-refractivity contribution is -0.144. The molecule has 0 spiro atoms. The fraction of sp³-hybridized carbons (Fsp3) is 0.200. The molecule has 1 amide bonds. The van der Waals surface area contributed by atoms with Crippen LogP contribution in [0, 0.1) is 0 Å². The molecule has 0 fully saturated rings. The first-order valence-corrected chi connectivity index (χ1v) is 5.99. The average Bonchev–Trinajstić information content (AvgIpc) is 2.44. The number of benzene rings is 1. The van der Waals surface area contributed by atoms with Crippen LogP contribution in [0.5, 0.6) is 0 Å². The third-order valence-corrected chi connectivity index (χ3v) is 2.20. The highest BCUT2D eigenvalue weighted by Crippen LogP contribution is 2.00. The van der Waals surface area contributed by atoms with Gasteiger partial charge in [0.2, 0.25) is 5.91 Å². The van der Waals surface area contributed by atoms with Crippen molar-refractivity contribution >= 4 is 11.9 Å². The SMILES string of the molecule is CC=CC=CC(=O)NCC(=O)OCc1ccccc1. The second kappa shape index (κ2) is 8.69. The summed E-state index contributed by atoms with van der Waals surface area (Å²) in [5.74, 6) is -0.786. The molecule has 1 aromatic carbocycles. The van der Waals surface area contributed by atoms with E-state index in [1.54, 1.807) is 18.2 Å². The molecule has 1 aromatic rings. The standard InChI is InChI=1S/C15H17NO3/c1-2-3-5-10-14(17)16-11-15(18)19-12-13-8-6-4-7-9-13/h2-10H,11-12H2,1H3,(H,16,17). The van der Waals surface area contributed by atoms with Gasteiger partial charge in [-0.15, -0.1) is 0 Å². The summed E-state index contributed by atoms with van der Waals surface area (Å²) in [7, 11) is 0. The first kappa shape index (κ1) is 14.7. The molecule has 19 heavy (non-hydrogen) atoms. The molecule has 0 bridgehead atoms. The molecular formula is C15H17NO3. The van der Waals surface area contributed by atoms with Gasteiger partial charge in [-0.1, -0.05) is 48.6 Å². The molecule has 0 aliphatic carbocycles. The molecule has 0 unspecified atom stereocenters. The Morgan fingerprint density at radius 1 is 1.21 bits per heavy atom. The lowest BCUT2D eigenvalue weighted by atomic mass is 10.2. The normalized spacial score (nSPS) is 10.8. The Morgan fingerprint density at radius 2 is 1.95 bits per heavy atom. The summed E-state index contributed by atoms with van der Waals surface area (Å²) in [5, 5.41) is 2.44. The molecule has 0 aliphatic rings. The van der Waals surface area contributed by atoms with Crippen LogP contribution in [0.3, 0.4) is 0 Å². The molecule has 1 N–H and O–H groups in total. The Labute approximate surface area is 112 Å². The molecular weight excluding hydrogens is 242 g/mol. The number of hydrogen-bond acceptors (Lipinski definition) is 3. The van der Waals surface area contributed by atoms with Crippen LogP contribution in [0.2, 0.25) is 0 Å². The second-order valence-corrected chi connectivity index (χ2v) is 3.75. The van der Waals surface area contributed by atoms with Crippen molar-refractivity contribution in [2.75, 3.05) is 6.54 Å². The van der Waals surface area contributed by atoms with Gasteiger partial charge in [0.1, 0.15) is 13.2 Å². The number of rotatable bonds is 6. The molecule has 100 valence electrons. The fourth-order valence-corrected chi connectivity index (χ4v) is 1.26. The molecule has 0 aromatic heterocycles. The van der Waals surface area contributed by atoms with E-state index in [4.69, 9.17) is 4.74 Å². The molecule has 0 aliphatic heterocycles. The van der Waals surface area contributed by atoms with E-state index in [-0.39, 0.29) is 19.1 Å². The largest absolute Gasteiger partial charge is 0.460 e. The number of nitrogens with one attached hydrogen (secondary N) is 1. The van der Waals surface area contributed by atoms with Crippen LogP contribution in [0.25, 0.3) is 0 Å². The molecule has 4 nitrogen and oxygen atoms in total. The zero-order valence-corrected chi connectivity index (χ0v) is 10.8. The summed E-state index contributed by atoms with van der Waals surface area (Å²) in [6.07, 6.45) is 6.49. The van der Waals surface area contributed by atoms with Gasteiger partial charge >= 0.3 is 5.97 Å². The summed E-state index contributed by atoms with van der Waals surface area (Å²) in [6, 6.07) is 9.37. The summed E-state index contributed by atoms with van der Waals surface area (Å²) in [5.41, 5.74) is 0.912. The van der Waals surface area contributed by atoms with Crippen molar-refractivity contribution in [1.82, 2.24) is 5.32 Å². The van der Waals surface area contributed by atoms with Gasteiger partial charge in [-0.05, 0) is 12.5 Å². The topological polar surface area (TPSA) is 55.4 Å². The lowest BCUT2D eigenvalue weighted by Gasteiger charge is -2.05. The Hall–Kier alpha value is -2.36. The van der Waals surface area contributed by atoms with E-state index in [1.165, 1.54) is 6.08 Å². The maximum Gasteiger partial charge on any atom is 0.325 e. The van der Waals surface area contributed by atoms with E-state index >= 15 is 0 Å². The zero-order chi connectivity index (χ0) is 13.9. The third kappa shape index (κ3) is 6.83. The van der Waals surface area contributed by atoms with Gasteiger partial charge in [0, 0.05) is 6.08 Å². The maximum atomic E-state index is 11.4. The highest BCUT2D eigenvalue weighted by molar-refractivity contribution is 5.90. The van der Waals surface area contributed by atoms with Gasteiger partial charge in [0.25, 0.3) is 0 Å². The Bertz CT molecular complexity index is 464. The highest BCUT2D eigenvalue weighted by atomic mass is 16.5. The molecule has 0 saturated heterocycles. The van der Waals surface area contributed by atoms with Crippen molar-refractivity contribution in [2.45, 2.75) is 13.5 Å². The predicted octanol–water partition coefficient (Wildman–Crippen LogP) is 1.98. The summed E-state index contributed by atoms with van der Waals surface area (Å²) >= 11 is 0. The van der Waals surface area contributed by atoms with Crippen molar-refractivity contribution in [3.05, 3.63) is 60.2 Å². The van der Waals surface area contributed by atoms with E-state index in [1.807, 2.05) is 37.3 Å². The average molecular weight is 259 g/mol. The van der Waals surface area contributed by atoms with Crippen LogP contribution in [-0.4, -0.2) is 18.4 Å². The second-order valence-electron chi connectivity index (χ2n) is 3.75. The van der Waals surface area contributed by atoms with Crippen molar-refractivity contribution in [2.24, 2.45) is 0 Å². The number of amides is 1. The molecule has 0 radical (unpaired) electrons. The van der Waals surface area contributed by atoms with Crippen molar-refractivity contribution < 1.29 is 14.3 Å². The maximum absolute atomic E-state index is 11.4. The highest BCUT2D eigenvalue weighted by Gasteiger charge is 2.04. The predicted molar refractivity (Wildman–Crippen MR) is 73.2 cm³/mol. The lowest BCUT2D eigenvalue weighted by Crippen LogP contribution is -2.29. The summed E-state index contributed by atoms with van der Waals surface area (Å²) in [6.45, 7) is 1.93. The summed E-state index contributed by atoms with van der Waals surface area (Å²) in [4.78, 5) is 22.6. The minimum Gasteiger partial charge on any atom is -0.460 e. The number of allylic oxidation sites excluding steroid dienone is 3. The van der Waals surface area contributed by atoms with Gasteiger partial charge in [0.05, 0.1) is 0 Å². The van der Waals surface area contributed by atoms with E-state index in [0.717, 1.165) is 5.56 Å². The number of ether oxygens (including phenoxy) is 1.